The molecule has 0 aliphatic rings. The zero-order valence-electron chi connectivity index (χ0n) is 16.4. The maximum atomic E-state index is 12.5. The number of hydrogen-bond acceptors (Lipinski definition) is 7. The zero-order chi connectivity index (χ0) is 21.0. The topological polar surface area (TPSA) is 120 Å². The number of carbonyl (C=O) groups excluding carboxylic acids is 2. The minimum absolute atomic E-state index is 0.107. The molecular formula is C21H22N4O4. The molecule has 1 amide bonds. The second-order valence-corrected chi connectivity index (χ2v) is 6.73. The van der Waals surface area contributed by atoms with Gasteiger partial charge in [-0.1, -0.05) is 0 Å². The van der Waals surface area contributed by atoms with Crippen LogP contribution in [-0.4, -0.2) is 27.9 Å². The number of carbonyl (C=O) groups is 2. The highest BCUT2D eigenvalue weighted by molar-refractivity contribution is 6.18. The van der Waals surface area contributed by atoms with E-state index in [-0.39, 0.29) is 24.0 Å². The Morgan fingerprint density at radius 1 is 1.24 bits per heavy atom. The van der Waals surface area contributed by atoms with Crippen LogP contribution in [0.25, 0.3) is 16.5 Å². The minimum atomic E-state index is -0.451. The molecule has 3 N–H and O–H groups in total. The molecule has 0 radical (unpaired) electrons. The van der Waals surface area contributed by atoms with Gasteiger partial charge < -0.3 is 20.2 Å². The molecule has 29 heavy (non-hydrogen) atoms. The van der Waals surface area contributed by atoms with Gasteiger partial charge in [0.15, 0.2) is 5.82 Å². The highest BCUT2D eigenvalue weighted by atomic mass is 16.5. The Labute approximate surface area is 167 Å². The normalized spacial score (nSPS) is 11.7. The third-order valence-electron chi connectivity index (χ3n) is 4.02. The summed E-state index contributed by atoms with van der Waals surface area (Å²) in [5.74, 6) is -0.169. The number of amides is 1. The van der Waals surface area contributed by atoms with Gasteiger partial charge in [0.05, 0.1) is 18.2 Å². The number of nitrogens with two attached hydrogens (primary N) is 1. The fraction of sp³-hybridized carbons (Fsp3) is 0.238. The SMILES string of the molecule is Cc1cc(C(=O)OC(C)C)c2oc(CNC(=O)/C(=C/N)c3ncccn3)cc2c1. The maximum absolute atomic E-state index is 12.5. The van der Waals surface area contributed by atoms with Crippen LogP contribution < -0.4 is 11.1 Å². The monoisotopic (exact) mass is 394 g/mol. The van der Waals surface area contributed by atoms with Gasteiger partial charge in [0.1, 0.15) is 16.9 Å². The molecule has 0 saturated heterocycles. The van der Waals surface area contributed by atoms with Crippen molar-refractivity contribution in [1.29, 1.82) is 0 Å². The van der Waals surface area contributed by atoms with Gasteiger partial charge in [-0.05, 0) is 50.6 Å². The van der Waals surface area contributed by atoms with Crippen LogP contribution in [0.1, 0.15) is 41.4 Å². The Morgan fingerprint density at radius 2 is 1.97 bits per heavy atom. The summed E-state index contributed by atoms with van der Waals surface area (Å²) in [5, 5.41) is 3.48. The summed E-state index contributed by atoms with van der Waals surface area (Å²) in [6, 6.07) is 7.05. The van der Waals surface area contributed by atoms with Crippen molar-refractivity contribution in [3.8, 4) is 0 Å². The highest BCUT2D eigenvalue weighted by Crippen LogP contribution is 2.26. The van der Waals surface area contributed by atoms with E-state index in [1.165, 1.54) is 12.4 Å². The van der Waals surface area contributed by atoms with Crippen molar-refractivity contribution in [2.45, 2.75) is 33.4 Å². The van der Waals surface area contributed by atoms with Crippen LogP contribution in [0.5, 0.6) is 0 Å². The summed E-state index contributed by atoms with van der Waals surface area (Å²) in [5.41, 5.74) is 7.40. The molecule has 2 heterocycles. The summed E-state index contributed by atoms with van der Waals surface area (Å²) < 4.78 is 11.1. The van der Waals surface area contributed by atoms with Crippen molar-refractivity contribution in [2.75, 3.05) is 0 Å². The summed E-state index contributed by atoms with van der Waals surface area (Å²) in [4.78, 5) is 32.9. The zero-order valence-corrected chi connectivity index (χ0v) is 16.4. The predicted molar refractivity (Wildman–Crippen MR) is 108 cm³/mol. The number of fused-ring (bicyclic) bond motifs is 1. The molecule has 0 saturated carbocycles. The first-order valence-corrected chi connectivity index (χ1v) is 9.10. The number of furan rings is 1. The average molecular weight is 394 g/mol. The minimum Gasteiger partial charge on any atom is -0.459 e. The molecular weight excluding hydrogens is 372 g/mol. The maximum Gasteiger partial charge on any atom is 0.342 e. The van der Waals surface area contributed by atoms with Crippen LogP contribution >= 0.6 is 0 Å². The van der Waals surface area contributed by atoms with Gasteiger partial charge in [-0.2, -0.15) is 0 Å². The van der Waals surface area contributed by atoms with Crippen molar-refractivity contribution < 1.29 is 18.7 Å². The van der Waals surface area contributed by atoms with Crippen LogP contribution in [0, 0.1) is 6.92 Å². The number of nitrogens with zero attached hydrogens (tertiary/aromatic N) is 2. The Kier molecular flexibility index (Phi) is 5.92. The number of aryl methyl sites for hydroxylation is 1. The molecule has 3 aromatic rings. The molecule has 8 heteroatoms. The second kappa shape index (κ2) is 8.55. The van der Waals surface area contributed by atoms with Crippen LogP contribution in [-0.2, 0) is 16.1 Å². The van der Waals surface area contributed by atoms with E-state index in [1.807, 2.05) is 13.0 Å². The van der Waals surface area contributed by atoms with E-state index in [9.17, 15) is 9.59 Å². The van der Waals surface area contributed by atoms with Crippen LogP contribution in [0.15, 0.2) is 47.3 Å². The molecule has 0 spiro atoms. The van der Waals surface area contributed by atoms with E-state index >= 15 is 0 Å². The molecule has 0 aliphatic carbocycles. The number of rotatable bonds is 6. The molecule has 0 fully saturated rings. The van der Waals surface area contributed by atoms with Gasteiger partial charge in [-0.15, -0.1) is 0 Å². The lowest BCUT2D eigenvalue weighted by atomic mass is 10.1. The van der Waals surface area contributed by atoms with Crippen molar-refractivity contribution >= 4 is 28.4 Å². The smallest absolute Gasteiger partial charge is 0.342 e. The van der Waals surface area contributed by atoms with Crippen molar-refractivity contribution in [3.63, 3.8) is 0 Å². The Bertz CT molecular complexity index is 1070. The molecule has 1 aromatic carbocycles. The van der Waals surface area contributed by atoms with Gasteiger partial charge >= 0.3 is 5.97 Å². The molecule has 8 nitrogen and oxygen atoms in total. The number of ether oxygens (including phenoxy) is 1. The van der Waals surface area contributed by atoms with E-state index in [4.69, 9.17) is 14.9 Å². The molecule has 0 atom stereocenters. The number of nitrogens with one attached hydrogen (secondary N) is 1. The van der Waals surface area contributed by atoms with Crippen molar-refractivity contribution in [2.24, 2.45) is 5.73 Å². The number of aromatic nitrogens is 2. The van der Waals surface area contributed by atoms with E-state index < -0.39 is 11.9 Å². The van der Waals surface area contributed by atoms with Gasteiger partial charge in [0.25, 0.3) is 5.91 Å². The lowest BCUT2D eigenvalue weighted by Gasteiger charge is -2.08. The standard InChI is InChI=1S/C21H22N4O4/c1-12(2)28-21(27)16-8-13(3)7-14-9-15(29-18(14)16)11-25-20(26)17(10-22)19-23-5-4-6-24-19/h4-10,12H,11,22H2,1-3H3,(H,25,26)/b17-10+. The molecule has 0 bridgehead atoms. The van der Waals surface area contributed by atoms with Crippen LogP contribution in [0.3, 0.4) is 0 Å². The third kappa shape index (κ3) is 4.60. The van der Waals surface area contributed by atoms with Gasteiger partial charge in [-0.25, -0.2) is 14.8 Å². The molecule has 0 unspecified atom stereocenters. The molecule has 3 rings (SSSR count). The third-order valence-corrected chi connectivity index (χ3v) is 4.02. The number of esters is 1. The molecule has 150 valence electrons. The quantitative estimate of drug-likeness (QED) is 0.487. The predicted octanol–water partition coefficient (Wildman–Crippen LogP) is 2.71. The Hall–Kier alpha value is -3.68. The first kappa shape index (κ1) is 20.1. The lowest BCUT2D eigenvalue weighted by Crippen LogP contribution is -2.25. The van der Waals surface area contributed by atoms with Gasteiger partial charge in [-0.3, -0.25) is 4.79 Å². The van der Waals surface area contributed by atoms with E-state index in [0.29, 0.717) is 16.9 Å². The van der Waals surface area contributed by atoms with Crippen LogP contribution in [0.4, 0.5) is 0 Å². The van der Waals surface area contributed by atoms with Gasteiger partial charge in [0.2, 0.25) is 0 Å². The first-order chi connectivity index (χ1) is 13.9. The summed E-state index contributed by atoms with van der Waals surface area (Å²) in [6.07, 6.45) is 3.97. The van der Waals surface area contributed by atoms with Crippen molar-refractivity contribution in [3.05, 3.63) is 65.6 Å². The fourth-order valence-electron chi connectivity index (χ4n) is 2.83. The van der Waals surface area contributed by atoms with Gasteiger partial charge in [0, 0.05) is 24.0 Å². The van der Waals surface area contributed by atoms with E-state index in [1.54, 1.807) is 32.0 Å². The number of hydrogen-bond donors (Lipinski definition) is 2. The number of benzene rings is 1. The average Bonchev–Trinajstić information content (AvgIpc) is 3.09. The Morgan fingerprint density at radius 3 is 2.62 bits per heavy atom. The summed E-state index contributed by atoms with van der Waals surface area (Å²) >= 11 is 0. The lowest BCUT2D eigenvalue weighted by molar-refractivity contribution is -0.115. The molecule has 2 aromatic heterocycles. The molecule has 0 aliphatic heterocycles. The summed E-state index contributed by atoms with van der Waals surface area (Å²) in [7, 11) is 0. The first-order valence-electron chi connectivity index (χ1n) is 9.10. The second-order valence-electron chi connectivity index (χ2n) is 6.73. The van der Waals surface area contributed by atoms with E-state index in [2.05, 4.69) is 15.3 Å². The summed E-state index contributed by atoms with van der Waals surface area (Å²) in [6.45, 7) is 5.56. The van der Waals surface area contributed by atoms with E-state index in [0.717, 1.165) is 17.1 Å². The van der Waals surface area contributed by atoms with Crippen molar-refractivity contribution in [1.82, 2.24) is 15.3 Å². The highest BCUT2D eigenvalue weighted by Gasteiger charge is 2.19. The largest absolute Gasteiger partial charge is 0.459 e. The fourth-order valence-corrected chi connectivity index (χ4v) is 2.83. The Balaban J connectivity index is 1.81. The van der Waals surface area contributed by atoms with Crippen LogP contribution in [0.2, 0.25) is 0 Å².